The van der Waals surface area contributed by atoms with Gasteiger partial charge in [0.15, 0.2) is 0 Å². The zero-order valence-corrected chi connectivity index (χ0v) is 21.3. The molecule has 0 spiro atoms. The predicted octanol–water partition coefficient (Wildman–Crippen LogP) is 6.71. The molecule has 6 rings (SSSR count). The molecule has 0 bridgehead atoms. The van der Waals surface area contributed by atoms with Crippen molar-refractivity contribution in [1.82, 2.24) is 14.8 Å². The van der Waals surface area contributed by atoms with E-state index < -0.39 is 0 Å². The summed E-state index contributed by atoms with van der Waals surface area (Å²) in [6.07, 6.45) is 11.1. The fourth-order valence-corrected chi connectivity index (χ4v) is 7.11. The number of aromatic amines is 1. The molecule has 1 N–H and O–H groups in total. The van der Waals surface area contributed by atoms with Crippen LogP contribution in [0.25, 0.3) is 10.9 Å². The van der Waals surface area contributed by atoms with Crippen LogP contribution in [-0.2, 0) is 11.2 Å². The van der Waals surface area contributed by atoms with Crippen molar-refractivity contribution < 1.29 is 4.79 Å². The van der Waals surface area contributed by atoms with E-state index in [1.807, 2.05) is 6.07 Å². The molecule has 4 nitrogen and oxygen atoms in total. The van der Waals surface area contributed by atoms with Gasteiger partial charge in [0.1, 0.15) is 0 Å². The minimum Gasteiger partial charge on any atom is -0.360 e. The summed E-state index contributed by atoms with van der Waals surface area (Å²) in [4.78, 5) is 21.7. The maximum absolute atomic E-state index is 13.5. The maximum Gasteiger partial charge on any atom is 0.226 e. The van der Waals surface area contributed by atoms with E-state index in [-0.39, 0.29) is 12.0 Å². The van der Waals surface area contributed by atoms with E-state index in [0.29, 0.717) is 11.8 Å². The Kier molecular flexibility index (Phi) is 6.60. The first-order valence-electron chi connectivity index (χ1n) is 13.5. The number of carbonyl (C=O) groups is 1. The highest BCUT2D eigenvalue weighted by molar-refractivity contribution is 6.35. The van der Waals surface area contributed by atoms with Crippen molar-refractivity contribution in [2.75, 3.05) is 26.2 Å². The predicted molar refractivity (Wildman–Crippen MR) is 143 cm³/mol. The summed E-state index contributed by atoms with van der Waals surface area (Å²) in [5.74, 6) is 1.25. The molecule has 2 fully saturated rings. The van der Waals surface area contributed by atoms with Crippen LogP contribution in [0.3, 0.4) is 0 Å². The van der Waals surface area contributed by atoms with Gasteiger partial charge >= 0.3 is 0 Å². The highest BCUT2D eigenvalue weighted by atomic mass is 35.5. The number of hydrogen-bond acceptors (Lipinski definition) is 2. The number of nitrogens with zero attached hydrogens (tertiary/aromatic N) is 2. The minimum atomic E-state index is 0.224. The molecule has 3 aliphatic rings. The van der Waals surface area contributed by atoms with Crippen LogP contribution in [0, 0.1) is 5.92 Å². The summed E-state index contributed by atoms with van der Waals surface area (Å²) in [5.41, 5.74) is 5.30. The molecule has 2 aromatic carbocycles. The molecule has 184 valence electrons. The number of carbonyl (C=O) groups excluding carboxylic acids is 1. The van der Waals surface area contributed by atoms with Gasteiger partial charge in [-0.3, -0.25) is 4.79 Å². The van der Waals surface area contributed by atoms with Gasteiger partial charge in [0.2, 0.25) is 5.91 Å². The van der Waals surface area contributed by atoms with Gasteiger partial charge in [-0.2, -0.15) is 0 Å². The molecule has 2 aliphatic heterocycles. The lowest BCUT2D eigenvalue weighted by Gasteiger charge is -2.40. The standard InChI is InChI=1S/C30H36ClN3O/c31-27-11-5-10-25-26(20-32-29(25)27)22-12-16-33(17-13-22)18-15-28-24-9-4-3-6-21(24)14-19-34(28)30(35)23-7-1-2-8-23/h3-6,9-11,20,22-23,28,32H,1-2,7-8,12-19H2. The van der Waals surface area contributed by atoms with Crippen molar-refractivity contribution in [3.8, 4) is 0 Å². The Balaban J connectivity index is 1.12. The number of para-hydroxylation sites is 1. The molecule has 3 heterocycles. The van der Waals surface area contributed by atoms with Crippen molar-refractivity contribution in [3.63, 3.8) is 0 Å². The van der Waals surface area contributed by atoms with Gasteiger partial charge in [0.05, 0.1) is 16.6 Å². The summed E-state index contributed by atoms with van der Waals surface area (Å²) in [6, 6.07) is 15.2. The van der Waals surface area contributed by atoms with Crippen LogP contribution < -0.4 is 0 Å². The number of hydrogen-bond donors (Lipinski definition) is 1. The van der Waals surface area contributed by atoms with Crippen molar-refractivity contribution in [1.29, 1.82) is 0 Å². The number of benzene rings is 2. The van der Waals surface area contributed by atoms with Crippen LogP contribution in [0.2, 0.25) is 5.02 Å². The quantitative estimate of drug-likeness (QED) is 0.432. The second-order valence-corrected chi connectivity index (χ2v) is 11.2. The van der Waals surface area contributed by atoms with Crippen molar-refractivity contribution in [3.05, 3.63) is 70.4 Å². The molecule has 1 unspecified atom stereocenters. The molecule has 1 aliphatic carbocycles. The second-order valence-electron chi connectivity index (χ2n) is 10.8. The first-order valence-corrected chi connectivity index (χ1v) is 13.9. The second kappa shape index (κ2) is 9.99. The van der Waals surface area contributed by atoms with Gasteiger partial charge in [-0.05, 0) is 80.3 Å². The molecular formula is C30H36ClN3O. The average molecular weight is 490 g/mol. The van der Waals surface area contributed by atoms with Crippen molar-refractivity contribution >= 4 is 28.4 Å². The van der Waals surface area contributed by atoms with E-state index in [4.69, 9.17) is 11.6 Å². The Hall–Kier alpha value is -2.30. The van der Waals surface area contributed by atoms with Crippen LogP contribution in [-0.4, -0.2) is 46.9 Å². The third kappa shape index (κ3) is 4.51. The fraction of sp³-hybridized carbons (Fsp3) is 0.500. The largest absolute Gasteiger partial charge is 0.360 e. The first-order chi connectivity index (χ1) is 17.2. The molecule has 35 heavy (non-hydrogen) atoms. The normalized spacial score (nSPS) is 22.1. The van der Waals surface area contributed by atoms with Crippen LogP contribution in [0.15, 0.2) is 48.7 Å². The van der Waals surface area contributed by atoms with E-state index in [2.05, 4.69) is 57.4 Å². The molecule has 1 aromatic heterocycles. The number of amides is 1. The topological polar surface area (TPSA) is 39.3 Å². The summed E-state index contributed by atoms with van der Waals surface area (Å²) in [6.45, 7) is 4.16. The monoisotopic (exact) mass is 489 g/mol. The molecule has 1 atom stereocenters. The van der Waals surface area contributed by atoms with Crippen LogP contribution in [0.1, 0.15) is 73.6 Å². The number of H-pyrrole nitrogens is 1. The van der Waals surface area contributed by atoms with Crippen LogP contribution >= 0.6 is 11.6 Å². The Morgan fingerprint density at radius 3 is 2.57 bits per heavy atom. The van der Waals surface area contributed by atoms with Gasteiger partial charge in [-0.15, -0.1) is 0 Å². The molecule has 1 saturated heterocycles. The smallest absolute Gasteiger partial charge is 0.226 e. The third-order valence-corrected chi connectivity index (χ3v) is 9.16. The van der Waals surface area contributed by atoms with Crippen molar-refractivity contribution in [2.24, 2.45) is 5.92 Å². The number of nitrogens with one attached hydrogen (secondary N) is 1. The van der Waals surface area contributed by atoms with Gasteiger partial charge in [-0.1, -0.05) is 60.8 Å². The van der Waals surface area contributed by atoms with Crippen LogP contribution in [0.4, 0.5) is 0 Å². The maximum atomic E-state index is 13.5. The summed E-state index contributed by atoms with van der Waals surface area (Å²) in [7, 11) is 0. The summed E-state index contributed by atoms with van der Waals surface area (Å²) in [5, 5.41) is 2.08. The first kappa shape index (κ1) is 23.1. The number of rotatable bonds is 5. The molecule has 1 amide bonds. The molecule has 5 heteroatoms. The lowest BCUT2D eigenvalue weighted by atomic mass is 9.87. The Morgan fingerprint density at radius 2 is 1.74 bits per heavy atom. The zero-order chi connectivity index (χ0) is 23.8. The lowest BCUT2D eigenvalue weighted by Crippen LogP contribution is -2.44. The number of aromatic nitrogens is 1. The van der Waals surface area contributed by atoms with Gasteiger partial charge < -0.3 is 14.8 Å². The van der Waals surface area contributed by atoms with E-state index in [1.54, 1.807) is 0 Å². The Bertz CT molecular complexity index is 1190. The number of halogens is 1. The van der Waals surface area contributed by atoms with Gasteiger partial charge in [-0.25, -0.2) is 0 Å². The molecule has 1 saturated carbocycles. The van der Waals surface area contributed by atoms with Gasteiger partial charge in [0, 0.05) is 30.6 Å². The van der Waals surface area contributed by atoms with E-state index >= 15 is 0 Å². The van der Waals surface area contributed by atoms with Gasteiger partial charge in [0.25, 0.3) is 0 Å². The summed E-state index contributed by atoms with van der Waals surface area (Å²) >= 11 is 6.39. The molecule has 3 aromatic rings. The number of likely N-dealkylation sites (tertiary alicyclic amines) is 1. The minimum absolute atomic E-state index is 0.224. The average Bonchev–Trinajstić information content (AvgIpc) is 3.58. The molecular weight excluding hydrogens is 454 g/mol. The van der Waals surface area contributed by atoms with E-state index in [9.17, 15) is 4.79 Å². The zero-order valence-electron chi connectivity index (χ0n) is 20.5. The molecule has 0 radical (unpaired) electrons. The van der Waals surface area contributed by atoms with E-state index in [1.165, 1.54) is 47.8 Å². The fourth-order valence-electron chi connectivity index (χ4n) is 6.88. The summed E-state index contributed by atoms with van der Waals surface area (Å²) < 4.78 is 0. The Labute approximate surface area is 213 Å². The highest BCUT2D eigenvalue weighted by Gasteiger charge is 2.35. The van der Waals surface area contributed by atoms with Crippen LogP contribution in [0.5, 0.6) is 0 Å². The highest BCUT2D eigenvalue weighted by Crippen LogP contribution is 2.38. The van der Waals surface area contributed by atoms with E-state index in [0.717, 1.165) is 62.4 Å². The third-order valence-electron chi connectivity index (χ3n) is 8.84. The lowest BCUT2D eigenvalue weighted by molar-refractivity contribution is -0.138. The Morgan fingerprint density at radius 1 is 0.943 bits per heavy atom. The number of piperidine rings is 1. The SMILES string of the molecule is O=C(C1CCCC1)N1CCc2ccccc2C1CCN1CCC(c2c[nH]c3c(Cl)cccc23)CC1. The van der Waals surface area contributed by atoms with Crippen molar-refractivity contribution in [2.45, 2.75) is 63.3 Å². The number of fused-ring (bicyclic) bond motifs is 2.